The fraction of sp³-hybridized carbons (Fsp3) is 0.360. The Hall–Kier alpha value is -6.75. The first-order chi connectivity index (χ1) is 34.9. The molecule has 392 valence electrons. The normalized spacial score (nSPS) is 13.3. The zero-order valence-electron chi connectivity index (χ0n) is 43.0. The van der Waals surface area contributed by atoms with Gasteiger partial charge in [-0.3, -0.25) is 14.4 Å². The lowest BCUT2D eigenvalue weighted by Crippen LogP contribution is -2.41. The minimum absolute atomic E-state index is 0.129. The Kier molecular flexibility index (Phi) is 20.4. The summed E-state index contributed by atoms with van der Waals surface area (Å²) in [5.74, 6) is 3.12. The number of hydrogen-bond acceptors (Lipinski definition) is 17. The maximum Gasteiger partial charge on any atom is 0.498 e. The molecule has 0 aromatic carbocycles. The number of aromatic nitrogens is 10. The van der Waals surface area contributed by atoms with Crippen molar-refractivity contribution in [3.63, 3.8) is 0 Å². The van der Waals surface area contributed by atoms with Crippen LogP contribution in [0.15, 0.2) is 94.2 Å². The average molecular weight is 1070 g/mol. The van der Waals surface area contributed by atoms with E-state index in [9.17, 15) is 14.4 Å². The zero-order chi connectivity index (χ0) is 54.5. The molecule has 0 aliphatic carbocycles. The first-order valence-electron chi connectivity index (χ1n) is 23.6. The van der Waals surface area contributed by atoms with Crippen LogP contribution >= 0.6 is 34.8 Å². The van der Waals surface area contributed by atoms with E-state index in [1.54, 1.807) is 55.4 Å². The van der Waals surface area contributed by atoms with E-state index in [1.807, 2.05) is 45.9 Å². The summed E-state index contributed by atoms with van der Waals surface area (Å²) in [5.41, 5.74) is 17.1. The van der Waals surface area contributed by atoms with Crippen molar-refractivity contribution in [1.29, 1.82) is 0 Å². The summed E-state index contributed by atoms with van der Waals surface area (Å²) in [4.78, 5) is 71.4. The number of nitrogens with zero attached hydrogens (tertiary/aromatic N) is 7. The molecule has 0 amide bonds. The highest BCUT2D eigenvalue weighted by molar-refractivity contribution is 6.61. The number of rotatable bonds is 9. The Bertz CT molecular complexity index is 3300. The predicted octanol–water partition coefficient (Wildman–Crippen LogP) is 7.86. The maximum atomic E-state index is 12.2. The van der Waals surface area contributed by atoms with Crippen LogP contribution in [0.2, 0.25) is 15.5 Å². The van der Waals surface area contributed by atoms with Crippen molar-refractivity contribution >= 4 is 103 Å². The summed E-state index contributed by atoms with van der Waals surface area (Å²) in [6.45, 7) is 22.9. The highest BCUT2D eigenvalue weighted by atomic mass is 35.5. The lowest BCUT2D eigenvalue weighted by atomic mass is 9.81. The van der Waals surface area contributed by atoms with Crippen molar-refractivity contribution < 1.29 is 9.31 Å². The quantitative estimate of drug-likeness (QED) is 0.0504. The number of pyridine rings is 6. The molecule has 1 fully saturated rings. The Balaban J connectivity index is 0.000000180. The zero-order valence-corrected chi connectivity index (χ0v) is 45.2. The van der Waals surface area contributed by atoms with Crippen molar-refractivity contribution in [2.45, 2.75) is 80.4 Å². The molecule has 20 nitrogen and oxygen atoms in total. The lowest BCUT2D eigenvalue weighted by Gasteiger charge is -2.32. The van der Waals surface area contributed by atoms with Crippen LogP contribution in [0.4, 0.5) is 23.5 Å². The second kappa shape index (κ2) is 26.0. The summed E-state index contributed by atoms with van der Waals surface area (Å²) in [7, 11) is -0.425. The molecule has 0 saturated carbocycles. The molecule has 11 N–H and O–H groups in total. The van der Waals surface area contributed by atoms with Crippen molar-refractivity contribution in [2.75, 3.05) is 41.7 Å². The third-order valence-electron chi connectivity index (χ3n) is 11.2. The first-order valence-corrected chi connectivity index (χ1v) is 24.8. The van der Waals surface area contributed by atoms with Gasteiger partial charge in [-0.1, -0.05) is 76.3 Å². The van der Waals surface area contributed by atoms with Crippen molar-refractivity contribution in [2.24, 2.45) is 23.5 Å². The molecule has 9 heterocycles. The van der Waals surface area contributed by atoms with Crippen molar-refractivity contribution in [3.8, 4) is 11.3 Å². The molecule has 0 atom stereocenters. The summed E-state index contributed by atoms with van der Waals surface area (Å²) < 4.78 is 11.7. The van der Waals surface area contributed by atoms with Crippen LogP contribution < -0.4 is 50.0 Å². The average Bonchev–Trinajstić information content (AvgIpc) is 3.56. The molecule has 0 unspecified atom stereocenters. The Morgan fingerprint density at radius 3 is 1.43 bits per heavy atom. The number of nitrogens with one attached hydrogen (secondary N) is 5. The van der Waals surface area contributed by atoms with Gasteiger partial charge in [0.1, 0.15) is 27.1 Å². The fourth-order valence-corrected chi connectivity index (χ4v) is 7.19. The maximum absolute atomic E-state index is 12.2. The first kappa shape index (κ1) is 58.1. The van der Waals surface area contributed by atoms with E-state index in [4.69, 9.17) is 61.3 Å². The third kappa shape index (κ3) is 15.9. The van der Waals surface area contributed by atoms with Gasteiger partial charge in [-0.2, -0.15) is 0 Å². The van der Waals surface area contributed by atoms with Gasteiger partial charge in [-0.15, -0.1) is 0 Å². The van der Waals surface area contributed by atoms with E-state index in [0.29, 0.717) is 61.8 Å². The molecule has 1 saturated heterocycles. The molecular weight excluding hydrogens is 1010 g/mol. The number of fused-ring (bicyclic) bond motifs is 3. The number of H-pyrrole nitrogens is 3. The number of nitrogen functional groups attached to an aromatic ring is 2. The summed E-state index contributed by atoms with van der Waals surface area (Å²) >= 11 is 17.3. The SMILES string of the molecule is CC(C)CN.CC(C)CNc1nc(-c2cnc(N)nc2)cc2cc[nH]c(=O)c12.CC(C)CNc1nc(Cl)cc2cc[nH]c(=O)c12.CC1(C)OB(c2cnc(N)nc2)OC1(C)C.O=c1[nH]ccc2cc(Cl)nc(Cl)c12. The number of hydrogen-bond donors (Lipinski definition) is 8. The number of anilines is 4. The van der Waals surface area contributed by atoms with Gasteiger partial charge in [-0.25, -0.2) is 34.9 Å². The van der Waals surface area contributed by atoms with Gasteiger partial charge in [0, 0.05) is 67.5 Å². The van der Waals surface area contributed by atoms with Gasteiger partial charge in [0.25, 0.3) is 16.7 Å². The Labute approximate surface area is 443 Å². The van der Waals surface area contributed by atoms with Crippen LogP contribution in [0, 0.1) is 17.8 Å². The minimum Gasteiger partial charge on any atom is -0.399 e. The molecular formula is C50H63BCl3N15O5. The number of nitrogens with two attached hydrogens (primary N) is 3. The van der Waals surface area contributed by atoms with E-state index in [-0.39, 0.29) is 50.1 Å². The van der Waals surface area contributed by atoms with Crippen LogP contribution in [-0.4, -0.2) is 87.8 Å². The molecule has 24 heteroatoms. The Morgan fingerprint density at radius 2 is 0.986 bits per heavy atom. The highest BCUT2D eigenvalue weighted by Crippen LogP contribution is 2.36. The smallest absolute Gasteiger partial charge is 0.399 e. The standard InChI is InChI=1S/C16H18N6O.C12H14ClN3O.C10H16BN3O2.C8H4Cl2N2O.C4H11N/c1-9(2)6-19-14-13-10(3-4-18-15(13)23)5-12(22-14)11-7-20-16(17)21-8-11;1-7(2)6-15-11-10-8(5-9(13)16-11)3-4-14-12(10)17;1-9(2)10(3,4)16-11(15-9)7-5-13-8(12)14-6-7;9-5-3-4-1-2-11-8(13)6(4)7(10)12-5;1-4(2)3-5/h3-5,7-9H,6H2,1-2H3,(H,18,23)(H,19,22)(H2,17,20,21);3-5,7H,6H2,1-2H3,(H,14,17)(H,15,16);5-6H,1-4H3,(H2,12,13,14);1-3H,(H,11,13);4H,3,5H2,1-2H3. The van der Waals surface area contributed by atoms with Gasteiger partial charge in [0.05, 0.1) is 33.1 Å². The molecule has 0 bridgehead atoms. The van der Waals surface area contributed by atoms with Crippen LogP contribution in [0.25, 0.3) is 43.6 Å². The van der Waals surface area contributed by atoms with Crippen LogP contribution in [0.5, 0.6) is 0 Å². The monoisotopic (exact) mass is 1070 g/mol. The van der Waals surface area contributed by atoms with Gasteiger partial charge < -0.3 is 52.1 Å². The molecule has 0 spiro atoms. The van der Waals surface area contributed by atoms with E-state index in [2.05, 4.69) is 102 Å². The second-order valence-electron chi connectivity index (χ2n) is 19.2. The van der Waals surface area contributed by atoms with E-state index in [1.165, 1.54) is 6.20 Å². The van der Waals surface area contributed by atoms with E-state index < -0.39 is 7.12 Å². The summed E-state index contributed by atoms with van der Waals surface area (Å²) in [6.07, 6.45) is 11.3. The van der Waals surface area contributed by atoms with Crippen LogP contribution in [-0.2, 0) is 9.31 Å². The molecule has 1 aliphatic rings. The van der Waals surface area contributed by atoms with Gasteiger partial charge in [-0.05, 0) is 105 Å². The number of halogens is 3. The van der Waals surface area contributed by atoms with Gasteiger partial charge in [0.2, 0.25) is 11.9 Å². The van der Waals surface area contributed by atoms with E-state index in [0.717, 1.165) is 41.4 Å². The molecule has 9 rings (SSSR count). The summed E-state index contributed by atoms with van der Waals surface area (Å²) in [5, 5.41) is 11.0. The predicted molar refractivity (Wildman–Crippen MR) is 300 cm³/mol. The van der Waals surface area contributed by atoms with Crippen molar-refractivity contribution in [3.05, 3.63) is 126 Å². The fourth-order valence-electron chi connectivity index (χ4n) is 6.46. The van der Waals surface area contributed by atoms with Crippen LogP contribution in [0.1, 0.15) is 69.2 Å². The molecule has 74 heavy (non-hydrogen) atoms. The third-order valence-corrected chi connectivity index (χ3v) is 11.8. The lowest BCUT2D eigenvalue weighted by molar-refractivity contribution is 0.00578. The topological polar surface area (TPSA) is 309 Å². The van der Waals surface area contributed by atoms with E-state index >= 15 is 0 Å². The van der Waals surface area contributed by atoms with Crippen LogP contribution in [0.3, 0.4) is 0 Å². The Morgan fingerprint density at radius 1 is 0.595 bits per heavy atom. The number of aromatic amines is 3. The molecule has 8 aromatic heterocycles. The largest absolute Gasteiger partial charge is 0.498 e. The van der Waals surface area contributed by atoms with Gasteiger partial charge >= 0.3 is 7.12 Å². The molecule has 8 aromatic rings. The molecule has 0 radical (unpaired) electrons. The second-order valence-corrected chi connectivity index (χ2v) is 20.3. The minimum atomic E-state index is -0.425. The highest BCUT2D eigenvalue weighted by Gasteiger charge is 2.52. The molecule has 1 aliphatic heterocycles. The summed E-state index contributed by atoms with van der Waals surface area (Å²) in [6, 6.07) is 10.5. The van der Waals surface area contributed by atoms with Gasteiger partial charge in [0.15, 0.2) is 0 Å². The van der Waals surface area contributed by atoms with Crippen molar-refractivity contribution in [1.82, 2.24) is 49.8 Å².